The van der Waals surface area contributed by atoms with Gasteiger partial charge in [0, 0.05) is 21.4 Å². The monoisotopic (exact) mass is 954 g/mol. The van der Waals surface area contributed by atoms with Crippen molar-refractivity contribution < 1.29 is 28.8 Å². The molecule has 318 valence electrons. The molecule has 0 aromatic heterocycles. The Morgan fingerprint density at radius 2 is 0.855 bits per heavy atom. The van der Waals surface area contributed by atoms with E-state index in [9.17, 15) is 28.8 Å². The van der Waals surface area contributed by atoms with E-state index in [1.54, 1.807) is 38.1 Å². The molecule has 0 aliphatic heterocycles. The van der Waals surface area contributed by atoms with Crippen LogP contribution in [0.2, 0.25) is 30.1 Å². The zero-order valence-electron chi connectivity index (χ0n) is 32.7. The van der Waals surface area contributed by atoms with Gasteiger partial charge in [0.1, 0.15) is 11.4 Å². The Morgan fingerprint density at radius 3 is 1.21 bits per heavy atom. The molecule has 4 N–H and O–H groups in total. The molecule has 0 bridgehead atoms. The Hall–Kier alpha value is -5.74. The molecule has 62 heavy (non-hydrogen) atoms. The van der Waals surface area contributed by atoms with Crippen LogP contribution in [0.3, 0.4) is 0 Å². The number of nitrogens with zero attached hydrogens (tertiary/aromatic N) is 4. The predicted octanol–water partition coefficient (Wildman–Crippen LogP) is 12.1. The smallest absolute Gasteiger partial charge is 0.258 e. The van der Waals surface area contributed by atoms with E-state index in [4.69, 9.17) is 69.6 Å². The number of amides is 4. The number of hydrogen-bond acceptors (Lipinski definition) is 10. The average molecular weight is 957 g/mol. The van der Waals surface area contributed by atoms with Gasteiger partial charge < -0.3 is 21.3 Å². The van der Waals surface area contributed by atoms with Crippen molar-refractivity contribution in [3.8, 4) is 0 Å². The average Bonchev–Trinajstić information content (AvgIpc) is 3.20. The number of azo groups is 2. The molecule has 0 heterocycles. The van der Waals surface area contributed by atoms with Gasteiger partial charge in [-0.1, -0.05) is 81.7 Å². The van der Waals surface area contributed by atoms with Crippen molar-refractivity contribution in [2.24, 2.45) is 20.5 Å². The maximum Gasteiger partial charge on any atom is 0.258 e. The summed E-state index contributed by atoms with van der Waals surface area (Å²) in [6, 6.07) is 17.7. The molecule has 0 aliphatic rings. The SMILES string of the molecule is CC(=O)C(N=Nc1cccc(C(=O)Nc2cc(Cl)ccc2Cl)c1Cl)C(=O)Nc1cc(C)c(NC(=O)C(N=Nc2cccc(C(=O)Nc3cc(Cl)ccc3Cl)c2Cl)C(C)=O)cc1C. The number of carbonyl (C=O) groups is 6. The van der Waals surface area contributed by atoms with Crippen LogP contribution in [-0.4, -0.2) is 47.3 Å². The molecule has 5 aromatic carbocycles. The van der Waals surface area contributed by atoms with E-state index in [0.717, 1.165) is 13.8 Å². The molecule has 2 unspecified atom stereocenters. The fraction of sp³-hybridized carbons (Fsp3) is 0.143. The van der Waals surface area contributed by atoms with E-state index < -0.39 is 47.3 Å². The van der Waals surface area contributed by atoms with Gasteiger partial charge >= 0.3 is 0 Å². The zero-order chi connectivity index (χ0) is 45.4. The summed E-state index contributed by atoms with van der Waals surface area (Å²) in [6.45, 7) is 5.58. The summed E-state index contributed by atoms with van der Waals surface area (Å²) in [5.74, 6) is -4.19. The highest BCUT2D eigenvalue weighted by Gasteiger charge is 2.27. The standard InChI is InChI=1S/C42H32Cl6N8O6/c1-19-15-32(50-42(62)38(22(4)58)56-54-30-10-6-8-26(36(30)48)40(60)52-34-18-24(44)12-14-28(34)46)20(2)16-31(19)49-41(61)37(21(3)57)55-53-29-9-5-7-25(35(29)47)39(59)51-33-17-23(43)11-13-27(33)45/h5-18,37-38H,1-4H3,(H,49,61)(H,50,62)(H,51,59)(H,52,60). The third kappa shape index (κ3) is 11.8. The van der Waals surface area contributed by atoms with Crippen molar-refractivity contribution in [1.29, 1.82) is 0 Å². The number of Topliss-reactive ketones (excluding diaryl/α,β-unsaturated/α-hetero) is 2. The molecular formula is C42H32Cl6N8O6. The molecule has 2 atom stereocenters. The van der Waals surface area contributed by atoms with Crippen molar-refractivity contribution in [2.45, 2.75) is 39.8 Å². The lowest BCUT2D eigenvalue weighted by Crippen LogP contribution is -2.32. The lowest BCUT2D eigenvalue weighted by Gasteiger charge is -2.16. The lowest BCUT2D eigenvalue weighted by atomic mass is 10.1. The van der Waals surface area contributed by atoms with Crippen LogP contribution < -0.4 is 21.3 Å². The maximum absolute atomic E-state index is 13.4. The predicted molar refractivity (Wildman–Crippen MR) is 243 cm³/mol. The Bertz CT molecular complexity index is 2530. The molecule has 14 nitrogen and oxygen atoms in total. The molecule has 5 rings (SSSR count). The van der Waals surface area contributed by atoms with Crippen molar-refractivity contribution in [2.75, 3.05) is 21.3 Å². The number of anilines is 4. The summed E-state index contributed by atoms with van der Waals surface area (Å²) in [4.78, 5) is 78.1. The van der Waals surface area contributed by atoms with Crippen molar-refractivity contribution >= 4 is 139 Å². The lowest BCUT2D eigenvalue weighted by molar-refractivity contribution is -0.127. The maximum atomic E-state index is 13.4. The van der Waals surface area contributed by atoms with Gasteiger partial charge in [-0.15, -0.1) is 0 Å². The van der Waals surface area contributed by atoms with E-state index in [2.05, 4.69) is 41.7 Å². The van der Waals surface area contributed by atoms with Gasteiger partial charge in [-0.3, -0.25) is 28.8 Å². The molecule has 20 heteroatoms. The minimum absolute atomic E-state index is 0.00535. The van der Waals surface area contributed by atoms with Crippen LogP contribution in [0.5, 0.6) is 0 Å². The van der Waals surface area contributed by atoms with Gasteiger partial charge in [0.25, 0.3) is 23.6 Å². The first-order chi connectivity index (χ1) is 29.3. The van der Waals surface area contributed by atoms with Crippen LogP contribution >= 0.6 is 69.6 Å². The number of benzene rings is 5. The minimum atomic E-state index is -1.61. The van der Waals surface area contributed by atoms with Crippen LogP contribution in [0.1, 0.15) is 45.7 Å². The second-order valence-corrected chi connectivity index (χ2v) is 15.8. The third-order valence-electron chi connectivity index (χ3n) is 8.71. The summed E-state index contributed by atoms with van der Waals surface area (Å²) in [5.41, 5.74) is 2.01. The molecule has 0 radical (unpaired) electrons. The molecule has 0 aliphatic carbocycles. The normalized spacial score (nSPS) is 12.2. The van der Waals surface area contributed by atoms with Crippen molar-refractivity contribution in [3.05, 3.63) is 137 Å². The van der Waals surface area contributed by atoms with Crippen LogP contribution in [0.4, 0.5) is 34.1 Å². The number of halogens is 6. The van der Waals surface area contributed by atoms with Crippen LogP contribution in [0, 0.1) is 13.8 Å². The van der Waals surface area contributed by atoms with E-state index >= 15 is 0 Å². The topological polar surface area (TPSA) is 200 Å². The number of nitrogens with one attached hydrogen (secondary N) is 4. The highest BCUT2D eigenvalue weighted by atomic mass is 35.5. The van der Waals surface area contributed by atoms with E-state index in [1.807, 2.05) is 0 Å². The largest absolute Gasteiger partial charge is 0.324 e. The van der Waals surface area contributed by atoms with Crippen molar-refractivity contribution in [3.63, 3.8) is 0 Å². The third-order valence-corrected chi connectivity index (χ3v) is 10.6. The fourth-order valence-electron chi connectivity index (χ4n) is 5.47. The number of carbonyl (C=O) groups excluding carboxylic acids is 6. The van der Waals surface area contributed by atoms with E-state index in [-0.39, 0.29) is 65.3 Å². The Kier molecular flexibility index (Phi) is 15.9. The first-order valence-electron chi connectivity index (χ1n) is 18.0. The first kappa shape index (κ1) is 47.3. The summed E-state index contributed by atoms with van der Waals surface area (Å²) < 4.78 is 0. The molecule has 5 aromatic rings. The molecule has 4 amide bonds. The van der Waals surface area contributed by atoms with Gasteiger partial charge in [-0.25, -0.2) is 0 Å². The fourth-order valence-corrected chi connectivity index (χ4v) is 6.65. The highest BCUT2D eigenvalue weighted by Crippen LogP contribution is 2.34. The number of aryl methyl sites for hydroxylation is 2. The Labute approximate surface area is 384 Å². The number of ketones is 2. The summed E-state index contributed by atoms with van der Waals surface area (Å²) in [7, 11) is 0. The number of hydrogen-bond donors (Lipinski definition) is 4. The Morgan fingerprint density at radius 1 is 0.484 bits per heavy atom. The van der Waals surface area contributed by atoms with Gasteiger partial charge in [0.05, 0.1) is 42.6 Å². The number of rotatable bonds is 14. The molecule has 0 saturated carbocycles. The quantitative estimate of drug-likeness (QED) is 0.0630. The summed E-state index contributed by atoms with van der Waals surface area (Å²) >= 11 is 37.4. The van der Waals surface area contributed by atoms with Gasteiger partial charge in [0.15, 0.2) is 11.6 Å². The first-order valence-corrected chi connectivity index (χ1v) is 20.3. The van der Waals surface area contributed by atoms with Crippen LogP contribution in [-0.2, 0) is 19.2 Å². The molecule has 0 fully saturated rings. The summed E-state index contributed by atoms with van der Waals surface area (Å²) in [5, 5.41) is 27.5. The van der Waals surface area contributed by atoms with Crippen molar-refractivity contribution in [1.82, 2.24) is 0 Å². The van der Waals surface area contributed by atoms with Crippen LogP contribution in [0.25, 0.3) is 0 Å². The summed E-state index contributed by atoms with van der Waals surface area (Å²) in [6.07, 6.45) is 0. The van der Waals surface area contributed by atoms with Gasteiger partial charge in [-0.2, -0.15) is 20.5 Å². The molecule has 0 saturated heterocycles. The van der Waals surface area contributed by atoms with Gasteiger partial charge in [0.2, 0.25) is 12.1 Å². The Balaban J connectivity index is 1.27. The second kappa shape index (κ2) is 20.9. The van der Waals surface area contributed by atoms with Crippen LogP contribution in [0.15, 0.2) is 105 Å². The van der Waals surface area contributed by atoms with E-state index in [1.165, 1.54) is 60.7 Å². The molecule has 0 spiro atoms. The molecular weight excluding hydrogens is 925 g/mol. The highest BCUT2D eigenvalue weighted by molar-refractivity contribution is 6.39. The zero-order valence-corrected chi connectivity index (χ0v) is 37.3. The van der Waals surface area contributed by atoms with E-state index in [0.29, 0.717) is 21.2 Å². The van der Waals surface area contributed by atoms with Gasteiger partial charge in [-0.05, 0) is 112 Å². The second-order valence-electron chi connectivity index (χ2n) is 13.4. The minimum Gasteiger partial charge on any atom is -0.324 e.